The molecule has 0 saturated carbocycles. The number of hydrogen-bond acceptors (Lipinski definition) is 4. The molecule has 1 N–H and O–H groups in total. The van der Waals surface area contributed by atoms with E-state index in [0.29, 0.717) is 26.6 Å². The SMILES string of the molecule is CN=C(Nc1cc(Cl)c(Oc2snc(-c3ccccc3)c2Cl)cc1C)C(C)C. The summed E-state index contributed by atoms with van der Waals surface area (Å²) in [6, 6.07) is 13.5. The summed E-state index contributed by atoms with van der Waals surface area (Å²) in [6.07, 6.45) is 0. The van der Waals surface area contributed by atoms with Crippen LogP contribution in [0.1, 0.15) is 19.4 Å². The molecule has 7 heteroatoms. The molecule has 3 rings (SSSR count). The molecule has 0 aliphatic carbocycles. The zero-order chi connectivity index (χ0) is 20.3. The van der Waals surface area contributed by atoms with Crippen molar-refractivity contribution in [3.63, 3.8) is 0 Å². The molecule has 2 aromatic carbocycles. The lowest BCUT2D eigenvalue weighted by molar-refractivity contribution is 0.497. The highest BCUT2D eigenvalue weighted by molar-refractivity contribution is 7.08. The summed E-state index contributed by atoms with van der Waals surface area (Å²) < 4.78 is 10.4. The smallest absolute Gasteiger partial charge is 0.219 e. The van der Waals surface area contributed by atoms with Crippen LogP contribution in [0.25, 0.3) is 11.3 Å². The van der Waals surface area contributed by atoms with Crippen LogP contribution in [0.2, 0.25) is 10.0 Å². The maximum absolute atomic E-state index is 6.51. The lowest BCUT2D eigenvalue weighted by atomic mass is 10.1. The van der Waals surface area contributed by atoms with Gasteiger partial charge in [0.1, 0.15) is 22.3 Å². The second-order valence-electron chi connectivity index (χ2n) is 6.59. The molecule has 4 nitrogen and oxygen atoms in total. The molecule has 1 heterocycles. The third kappa shape index (κ3) is 4.49. The van der Waals surface area contributed by atoms with Gasteiger partial charge in [-0.2, -0.15) is 4.37 Å². The van der Waals surface area contributed by atoms with Gasteiger partial charge in [-0.3, -0.25) is 4.99 Å². The van der Waals surface area contributed by atoms with Gasteiger partial charge in [-0.25, -0.2) is 0 Å². The number of rotatable bonds is 5. The van der Waals surface area contributed by atoms with Crippen LogP contribution in [0.15, 0.2) is 47.5 Å². The van der Waals surface area contributed by atoms with E-state index in [1.165, 1.54) is 11.5 Å². The number of nitrogens with one attached hydrogen (secondary N) is 1. The molecule has 0 bridgehead atoms. The van der Waals surface area contributed by atoms with Gasteiger partial charge in [-0.15, -0.1) is 0 Å². The van der Waals surface area contributed by atoms with Gasteiger partial charge in [0, 0.05) is 35.7 Å². The second kappa shape index (κ2) is 8.95. The zero-order valence-corrected chi connectivity index (χ0v) is 18.4. The van der Waals surface area contributed by atoms with Crippen molar-refractivity contribution in [1.29, 1.82) is 0 Å². The fourth-order valence-corrected chi connectivity index (χ4v) is 3.89. The summed E-state index contributed by atoms with van der Waals surface area (Å²) in [5.74, 6) is 1.71. The van der Waals surface area contributed by atoms with Gasteiger partial charge in [-0.05, 0) is 24.6 Å². The summed E-state index contributed by atoms with van der Waals surface area (Å²) in [4.78, 5) is 4.29. The Morgan fingerprint density at radius 2 is 1.89 bits per heavy atom. The molecular weight excluding hydrogens is 413 g/mol. The minimum atomic E-state index is 0.284. The van der Waals surface area contributed by atoms with Gasteiger partial charge in [-0.1, -0.05) is 67.4 Å². The first kappa shape index (κ1) is 20.6. The van der Waals surface area contributed by atoms with Crippen LogP contribution in [0.3, 0.4) is 0 Å². The van der Waals surface area contributed by atoms with Gasteiger partial charge in [0.2, 0.25) is 5.06 Å². The number of anilines is 1. The molecule has 0 fully saturated rings. The van der Waals surface area contributed by atoms with Crippen molar-refractivity contribution in [1.82, 2.24) is 4.37 Å². The summed E-state index contributed by atoms with van der Waals surface area (Å²) in [6.45, 7) is 6.16. The van der Waals surface area contributed by atoms with Crippen LogP contribution < -0.4 is 10.1 Å². The monoisotopic (exact) mass is 433 g/mol. The van der Waals surface area contributed by atoms with Crippen LogP contribution in [-0.2, 0) is 0 Å². The predicted molar refractivity (Wildman–Crippen MR) is 121 cm³/mol. The van der Waals surface area contributed by atoms with Gasteiger partial charge in [0.25, 0.3) is 0 Å². The molecule has 0 aliphatic heterocycles. The topological polar surface area (TPSA) is 46.5 Å². The van der Waals surface area contributed by atoms with Crippen molar-refractivity contribution in [3.8, 4) is 22.1 Å². The number of aryl methyl sites for hydroxylation is 1. The third-order valence-electron chi connectivity index (χ3n) is 4.19. The molecule has 0 atom stereocenters. The van der Waals surface area contributed by atoms with Crippen LogP contribution in [0.4, 0.5) is 5.69 Å². The summed E-state index contributed by atoms with van der Waals surface area (Å²) >= 11 is 14.2. The number of ether oxygens (including phenoxy) is 1. The number of nitrogens with zero attached hydrogens (tertiary/aromatic N) is 2. The Morgan fingerprint density at radius 1 is 1.18 bits per heavy atom. The van der Waals surface area contributed by atoms with Crippen LogP contribution in [0.5, 0.6) is 10.8 Å². The van der Waals surface area contributed by atoms with E-state index in [1.807, 2.05) is 49.4 Å². The molecule has 1 aromatic heterocycles. The molecule has 0 spiro atoms. The molecular formula is C21H21Cl2N3OS. The van der Waals surface area contributed by atoms with E-state index in [0.717, 1.165) is 22.6 Å². The third-order valence-corrected chi connectivity index (χ3v) is 5.67. The Bertz CT molecular complexity index is 1000. The number of aromatic nitrogens is 1. The lowest BCUT2D eigenvalue weighted by Gasteiger charge is -2.16. The highest BCUT2D eigenvalue weighted by atomic mass is 35.5. The Kier molecular flexibility index (Phi) is 6.60. The molecule has 28 heavy (non-hydrogen) atoms. The van der Waals surface area contributed by atoms with Gasteiger partial charge in [0.05, 0.1) is 5.02 Å². The Labute approximate surface area is 179 Å². The second-order valence-corrected chi connectivity index (χ2v) is 8.11. The van der Waals surface area contributed by atoms with Crippen LogP contribution in [0, 0.1) is 12.8 Å². The Balaban J connectivity index is 1.86. The first-order valence-electron chi connectivity index (χ1n) is 8.83. The average Bonchev–Trinajstić information content (AvgIpc) is 3.04. The molecule has 3 aromatic rings. The number of amidine groups is 1. The maximum Gasteiger partial charge on any atom is 0.219 e. The fraction of sp³-hybridized carbons (Fsp3) is 0.238. The van der Waals surface area contributed by atoms with Crippen molar-refractivity contribution in [3.05, 3.63) is 58.1 Å². The largest absolute Gasteiger partial charge is 0.442 e. The zero-order valence-electron chi connectivity index (χ0n) is 16.1. The normalized spacial score (nSPS) is 11.8. The first-order valence-corrected chi connectivity index (χ1v) is 10.4. The van der Waals surface area contributed by atoms with Crippen molar-refractivity contribution in [2.75, 3.05) is 12.4 Å². The highest BCUT2D eigenvalue weighted by Gasteiger charge is 2.17. The number of halogens is 2. The number of hydrogen-bond donors (Lipinski definition) is 1. The van der Waals surface area contributed by atoms with Gasteiger partial charge >= 0.3 is 0 Å². The number of benzene rings is 2. The molecule has 146 valence electrons. The van der Waals surface area contributed by atoms with E-state index in [4.69, 9.17) is 27.9 Å². The molecule has 0 amide bonds. The standard InChI is InChI=1S/C21H21Cl2N3OS/c1-12(2)20(24-4)25-16-11-15(22)17(10-13(16)3)27-21-18(23)19(26-28-21)14-8-6-5-7-9-14/h5-12H,1-4H3,(H,24,25). The first-order chi connectivity index (χ1) is 13.4. The van der Waals surface area contributed by atoms with E-state index < -0.39 is 0 Å². The van der Waals surface area contributed by atoms with E-state index in [9.17, 15) is 0 Å². The summed E-state index contributed by atoms with van der Waals surface area (Å²) in [7, 11) is 1.77. The quantitative estimate of drug-likeness (QED) is 0.338. The lowest BCUT2D eigenvalue weighted by Crippen LogP contribution is -2.19. The van der Waals surface area contributed by atoms with Crippen LogP contribution in [-0.4, -0.2) is 17.3 Å². The summed E-state index contributed by atoms with van der Waals surface area (Å²) in [5, 5.41) is 4.82. The van der Waals surface area contributed by atoms with Crippen LogP contribution >= 0.6 is 34.7 Å². The average molecular weight is 434 g/mol. The highest BCUT2D eigenvalue weighted by Crippen LogP contribution is 2.43. The van der Waals surface area contributed by atoms with Crippen molar-refractivity contribution in [2.45, 2.75) is 20.8 Å². The molecule has 0 aliphatic rings. The van der Waals surface area contributed by atoms with E-state index in [2.05, 4.69) is 28.5 Å². The predicted octanol–water partition coefficient (Wildman–Crippen LogP) is 7.31. The minimum Gasteiger partial charge on any atom is -0.442 e. The van der Waals surface area contributed by atoms with Crippen molar-refractivity contribution < 1.29 is 4.74 Å². The van der Waals surface area contributed by atoms with E-state index >= 15 is 0 Å². The van der Waals surface area contributed by atoms with Crippen molar-refractivity contribution >= 4 is 46.3 Å². The maximum atomic E-state index is 6.51. The molecule has 0 radical (unpaired) electrons. The summed E-state index contributed by atoms with van der Waals surface area (Å²) in [5.41, 5.74) is 3.53. The molecule has 0 saturated heterocycles. The van der Waals surface area contributed by atoms with Gasteiger partial charge in [0.15, 0.2) is 0 Å². The fourth-order valence-electron chi connectivity index (χ4n) is 2.67. The van der Waals surface area contributed by atoms with E-state index in [-0.39, 0.29) is 5.92 Å². The minimum absolute atomic E-state index is 0.284. The van der Waals surface area contributed by atoms with Gasteiger partial charge < -0.3 is 10.1 Å². The van der Waals surface area contributed by atoms with Crippen molar-refractivity contribution in [2.24, 2.45) is 10.9 Å². The Hall–Kier alpha value is -2.08. The van der Waals surface area contributed by atoms with E-state index in [1.54, 1.807) is 7.05 Å². The molecule has 0 unspecified atom stereocenters. The Morgan fingerprint density at radius 3 is 2.54 bits per heavy atom. The number of aliphatic imine (C=N–C) groups is 1.